The Morgan fingerprint density at radius 3 is 2.50 bits per heavy atom. The van der Waals surface area contributed by atoms with E-state index in [1.807, 2.05) is 6.07 Å². The highest BCUT2D eigenvalue weighted by atomic mass is 32.2. The molecule has 1 saturated heterocycles. The minimum Gasteiger partial charge on any atom is -0.382 e. The quantitative estimate of drug-likeness (QED) is 0.876. The number of nitrogens with one attached hydrogen (secondary N) is 2. The number of benzene rings is 1. The molecule has 0 radical (unpaired) electrons. The number of aryl methyl sites for hydroxylation is 1. The Balaban J connectivity index is 2.18. The van der Waals surface area contributed by atoms with Crippen LogP contribution in [0.2, 0.25) is 0 Å². The maximum Gasteiger partial charge on any atom is 0.240 e. The molecule has 1 aliphatic rings. The zero-order valence-corrected chi connectivity index (χ0v) is 13.3. The number of sulfonamides is 1. The molecule has 0 saturated carbocycles. The van der Waals surface area contributed by atoms with Crippen molar-refractivity contribution < 1.29 is 12.6 Å². The van der Waals surface area contributed by atoms with Crippen LogP contribution in [0.3, 0.4) is 0 Å². The van der Waals surface area contributed by atoms with Crippen molar-refractivity contribution in [2.45, 2.75) is 30.7 Å². The third-order valence-corrected chi connectivity index (χ3v) is 6.44. The summed E-state index contributed by atoms with van der Waals surface area (Å²) < 4.78 is 37.5. The molecule has 1 fully saturated rings. The smallest absolute Gasteiger partial charge is 0.240 e. The molecule has 5 nitrogen and oxygen atoms in total. The largest absolute Gasteiger partial charge is 0.382 e. The van der Waals surface area contributed by atoms with Gasteiger partial charge in [-0.2, -0.15) is 0 Å². The Morgan fingerprint density at radius 2 is 1.90 bits per heavy atom. The summed E-state index contributed by atoms with van der Waals surface area (Å²) in [5, 5.41) is 3.34. The Hall–Kier alpha value is -0.920. The van der Waals surface area contributed by atoms with E-state index in [-0.39, 0.29) is 6.04 Å². The lowest BCUT2D eigenvalue weighted by Crippen LogP contribution is -2.29. The predicted molar refractivity (Wildman–Crippen MR) is 81.9 cm³/mol. The van der Waals surface area contributed by atoms with E-state index >= 15 is 0 Å². The molecule has 0 aromatic heterocycles. The number of hydrogen-bond acceptors (Lipinski definition) is 4. The average molecular weight is 316 g/mol. The topological polar surface area (TPSA) is 75.3 Å². The van der Waals surface area contributed by atoms with Gasteiger partial charge in [-0.3, -0.25) is 4.21 Å². The maximum absolute atomic E-state index is 11.9. The van der Waals surface area contributed by atoms with Gasteiger partial charge in [0.2, 0.25) is 10.0 Å². The fourth-order valence-corrected chi connectivity index (χ4v) is 4.56. The molecule has 0 spiro atoms. The Kier molecular flexibility index (Phi) is 4.82. The fourth-order valence-electron chi connectivity index (χ4n) is 2.26. The average Bonchev–Trinajstić information content (AvgIpc) is 2.43. The SMILES string of the molecule is CNS(=O)(=O)c1cc(NC2CCS(=O)CC2)ccc1C. The van der Waals surface area contributed by atoms with Gasteiger partial charge >= 0.3 is 0 Å². The highest BCUT2D eigenvalue weighted by Gasteiger charge is 2.19. The standard InChI is InChI=1S/C13H20N2O3S2/c1-10-3-4-12(9-13(10)20(17,18)14-2)15-11-5-7-19(16)8-6-11/h3-4,9,11,14-15H,5-8H2,1-2H3. The van der Waals surface area contributed by atoms with Crippen molar-refractivity contribution in [3.05, 3.63) is 23.8 Å². The van der Waals surface area contributed by atoms with Gasteiger partial charge in [0.25, 0.3) is 0 Å². The summed E-state index contributed by atoms with van der Waals surface area (Å²) in [7, 11) is -2.72. The highest BCUT2D eigenvalue weighted by molar-refractivity contribution is 7.89. The van der Waals surface area contributed by atoms with E-state index in [9.17, 15) is 12.6 Å². The van der Waals surface area contributed by atoms with Crippen LogP contribution in [-0.4, -0.2) is 37.2 Å². The summed E-state index contributed by atoms with van der Waals surface area (Å²) in [4.78, 5) is 0.296. The monoisotopic (exact) mass is 316 g/mol. The minimum absolute atomic E-state index is 0.264. The molecule has 0 bridgehead atoms. The van der Waals surface area contributed by atoms with Gasteiger partial charge in [-0.15, -0.1) is 0 Å². The highest BCUT2D eigenvalue weighted by Crippen LogP contribution is 2.22. The molecule has 0 amide bonds. The molecule has 0 aliphatic carbocycles. The summed E-state index contributed by atoms with van der Waals surface area (Å²) in [6.45, 7) is 1.78. The molecule has 7 heteroatoms. The van der Waals surface area contributed by atoms with Gasteiger partial charge < -0.3 is 5.32 Å². The molecule has 1 aliphatic heterocycles. The van der Waals surface area contributed by atoms with Gasteiger partial charge in [-0.25, -0.2) is 13.1 Å². The van der Waals surface area contributed by atoms with E-state index in [0.717, 1.165) is 24.1 Å². The van der Waals surface area contributed by atoms with Crippen LogP contribution in [0.4, 0.5) is 5.69 Å². The Labute approximate surface area is 122 Å². The van der Waals surface area contributed by atoms with Gasteiger partial charge in [0.05, 0.1) is 4.90 Å². The van der Waals surface area contributed by atoms with E-state index in [4.69, 9.17) is 0 Å². The summed E-state index contributed by atoms with van der Waals surface area (Å²) in [6, 6.07) is 5.61. The van der Waals surface area contributed by atoms with Crippen molar-refractivity contribution in [2.24, 2.45) is 0 Å². The summed E-state index contributed by atoms with van der Waals surface area (Å²) in [5.41, 5.74) is 1.51. The van der Waals surface area contributed by atoms with Crippen LogP contribution in [0, 0.1) is 6.92 Å². The molecule has 0 atom stereocenters. The second kappa shape index (κ2) is 6.24. The second-order valence-electron chi connectivity index (χ2n) is 4.95. The lowest BCUT2D eigenvalue weighted by molar-refractivity contribution is 0.587. The lowest BCUT2D eigenvalue weighted by atomic mass is 10.1. The van der Waals surface area contributed by atoms with Crippen molar-refractivity contribution in [3.63, 3.8) is 0 Å². The van der Waals surface area contributed by atoms with Crippen molar-refractivity contribution >= 4 is 26.5 Å². The first-order valence-corrected chi connectivity index (χ1v) is 9.55. The van der Waals surface area contributed by atoms with Crippen LogP contribution in [0.25, 0.3) is 0 Å². The van der Waals surface area contributed by atoms with E-state index in [1.54, 1.807) is 19.1 Å². The van der Waals surface area contributed by atoms with E-state index in [1.165, 1.54) is 7.05 Å². The van der Waals surface area contributed by atoms with E-state index < -0.39 is 20.8 Å². The zero-order valence-electron chi connectivity index (χ0n) is 11.7. The number of rotatable bonds is 4. The molecule has 20 heavy (non-hydrogen) atoms. The van der Waals surface area contributed by atoms with Gasteiger partial charge in [0, 0.05) is 34.0 Å². The third-order valence-electron chi connectivity index (χ3n) is 3.51. The minimum atomic E-state index is -3.44. The first kappa shape index (κ1) is 15.5. The molecular formula is C13H20N2O3S2. The van der Waals surface area contributed by atoms with Crippen molar-refractivity contribution in [2.75, 3.05) is 23.9 Å². The van der Waals surface area contributed by atoms with E-state index in [2.05, 4.69) is 10.0 Å². The third kappa shape index (κ3) is 3.59. The van der Waals surface area contributed by atoms with Crippen molar-refractivity contribution in [1.82, 2.24) is 4.72 Å². The second-order valence-corrected chi connectivity index (χ2v) is 8.51. The van der Waals surface area contributed by atoms with Crippen LogP contribution in [0.15, 0.2) is 23.1 Å². The van der Waals surface area contributed by atoms with Gasteiger partial charge in [-0.05, 0) is 44.5 Å². The van der Waals surface area contributed by atoms with Crippen LogP contribution in [-0.2, 0) is 20.8 Å². The van der Waals surface area contributed by atoms with Crippen LogP contribution < -0.4 is 10.0 Å². The Morgan fingerprint density at radius 1 is 1.25 bits per heavy atom. The summed E-state index contributed by atoms with van der Waals surface area (Å²) >= 11 is 0. The molecule has 1 aromatic rings. The lowest BCUT2D eigenvalue weighted by Gasteiger charge is -2.24. The molecule has 0 unspecified atom stereocenters. The van der Waals surface area contributed by atoms with Gasteiger partial charge in [-0.1, -0.05) is 6.07 Å². The van der Waals surface area contributed by atoms with Gasteiger partial charge in [0.1, 0.15) is 0 Å². The van der Waals surface area contributed by atoms with Crippen molar-refractivity contribution in [3.8, 4) is 0 Å². The van der Waals surface area contributed by atoms with E-state index in [0.29, 0.717) is 16.4 Å². The summed E-state index contributed by atoms with van der Waals surface area (Å²) in [6.07, 6.45) is 1.71. The molecule has 112 valence electrons. The molecule has 1 aromatic carbocycles. The molecule has 2 rings (SSSR count). The predicted octanol–water partition coefficient (Wildman–Crippen LogP) is 1.23. The number of anilines is 1. The number of hydrogen-bond donors (Lipinski definition) is 2. The zero-order chi connectivity index (χ0) is 14.8. The van der Waals surface area contributed by atoms with Crippen LogP contribution in [0.1, 0.15) is 18.4 Å². The maximum atomic E-state index is 11.9. The Bertz CT molecular complexity index is 604. The molecule has 2 N–H and O–H groups in total. The molecular weight excluding hydrogens is 296 g/mol. The van der Waals surface area contributed by atoms with Crippen LogP contribution in [0.5, 0.6) is 0 Å². The molecule has 1 heterocycles. The van der Waals surface area contributed by atoms with Crippen molar-refractivity contribution in [1.29, 1.82) is 0 Å². The van der Waals surface area contributed by atoms with Crippen LogP contribution >= 0.6 is 0 Å². The fraction of sp³-hybridized carbons (Fsp3) is 0.538. The normalized spacial score (nSPS) is 23.5. The first-order chi connectivity index (χ1) is 9.42. The van der Waals surface area contributed by atoms with Gasteiger partial charge in [0.15, 0.2) is 0 Å². The first-order valence-electron chi connectivity index (χ1n) is 6.58. The summed E-state index contributed by atoms with van der Waals surface area (Å²) in [5.74, 6) is 1.43.